The molecule has 3 rings (SSSR count). The maximum atomic E-state index is 12.7. The third-order valence-electron chi connectivity index (χ3n) is 4.99. The Hall–Kier alpha value is -2.58. The summed E-state index contributed by atoms with van der Waals surface area (Å²) >= 11 is 0. The van der Waals surface area contributed by atoms with Crippen molar-refractivity contribution in [1.29, 1.82) is 0 Å². The number of hydrogen-bond acceptors (Lipinski definition) is 4. The summed E-state index contributed by atoms with van der Waals surface area (Å²) in [4.78, 5) is 58.1. The molecule has 0 bridgehead atoms. The Morgan fingerprint density at radius 3 is 2.40 bits per heavy atom. The molecule has 2 N–H and O–H groups in total. The van der Waals surface area contributed by atoms with Crippen LogP contribution in [0.25, 0.3) is 0 Å². The van der Waals surface area contributed by atoms with Gasteiger partial charge in [-0.25, -0.2) is 9.59 Å². The van der Waals surface area contributed by atoms with Crippen LogP contribution in [0.1, 0.15) is 37.2 Å². The molecule has 1 aromatic heterocycles. The van der Waals surface area contributed by atoms with Crippen molar-refractivity contribution in [3.63, 3.8) is 0 Å². The summed E-state index contributed by atoms with van der Waals surface area (Å²) in [7, 11) is 1.51. The second-order valence-corrected chi connectivity index (χ2v) is 7.13. The number of nitrogens with zero attached hydrogens (tertiary/aromatic N) is 3. The molecule has 25 heavy (non-hydrogen) atoms. The Balaban J connectivity index is 1.78. The van der Waals surface area contributed by atoms with E-state index in [1.54, 1.807) is 9.80 Å². The van der Waals surface area contributed by atoms with E-state index in [0.29, 0.717) is 32.5 Å². The third-order valence-corrected chi connectivity index (χ3v) is 4.99. The van der Waals surface area contributed by atoms with Gasteiger partial charge in [-0.3, -0.25) is 14.5 Å². The number of likely N-dealkylation sites (N-methyl/N-ethyl adjacent to an activating group) is 1. The molecule has 0 radical (unpaired) electrons. The molecule has 136 valence electrons. The molecule has 2 aliphatic rings. The van der Waals surface area contributed by atoms with Gasteiger partial charge < -0.3 is 19.8 Å². The van der Waals surface area contributed by atoms with Crippen LogP contribution in [0.2, 0.25) is 0 Å². The smallest absolute Gasteiger partial charge is 0.327 e. The van der Waals surface area contributed by atoms with Gasteiger partial charge in [-0.1, -0.05) is 13.8 Å². The number of likely N-dealkylation sites (tertiary alicyclic amines) is 1. The lowest BCUT2D eigenvalue weighted by molar-refractivity contribution is -0.134. The number of imidazole rings is 1. The van der Waals surface area contributed by atoms with E-state index in [2.05, 4.69) is 9.97 Å². The number of aromatic nitrogens is 2. The van der Waals surface area contributed by atoms with E-state index in [4.69, 9.17) is 0 Å². The van der Waals surface area contributed by atoms with Crippen molar-refractivity contribution in [2.24, 2.45) is 5.92 Å². The van der Waals surface area contributed by atoms with E-state index in [-0.39, 0.29) is 29.5 Å². The summed E-state index contributed by atoms with van der Waals surface area (Å²) in [6.07, 6.45) is 2.14. The molecule has 2 fully saturated rings. The molecule has 0 aromatic carbocycles. The maximum absolute atomic E-state index is 12.7. The Morgan fingerprint density at radius 2 is 1.88 bits per heavy atom. The van der Waals surface area contributed by atoms with Crippen LogP contribution in [0.5, 0.6) is 0 Å². The minimum Gasteiger partial charge on any atom is -0.337 e. The molecule has 9 nitrogen and oxygen atoms in total. The van der Waals surface area contributed by atoms with Crippen LogP contribution in [0, 0.1) is 5.92 Å². The topological polar surface area (TPSA) is 110 Å². The van der Waals surface area contributed by atoms with Crippen molar-refractivity contribution in [2.75, 3.05) is 26.7 Å². The molecule has 2 saturated heterocycles. The van der Waals surface area contributed by atoms with E-state index >= 15 is 0 Å². The van der Waals surface area contributed by atoms with E-state index in [1.807, 2.05) is 13.8 Å². The number of urea groups is 1. The minimum atomic E-state index is -0.863. The van der Waals surface area contributed by atoms with E-state index in [9.17, 15) is 19.2 Å². The van der Waals surface area contributed by atoms with Crippen LogP contribution in [0.3, 0.4) is 0 Å². The standard InChI is InChI=1S/C16H23N5O4/c1-10(2)9-21-15(25)19(3)13(23)16(21)4-6-20(7-5-16)12(22)11-8-17-14(24)18-11/h8,10H,4-7,9H2,1-3H3,(H2,17,18,24). The van der Waals surface area contributed by atoms with Crippen molar-refractivity contribution in [3.8, 4) is 0 Å². The summed E-state index contributed by atoms with van der Waals surface area (Å²) < 4.78 is 0. The van der Waals surface area contributed by atoms with Crippen LogP contribution < -0.4 is 5.69 Å². The number of hydrogen-bond donors (Lipinski definition) is 2. The lowest BCUT2D eigenvalue weighted by atomic mass is 9.85. The molecule has 2 aliphatic heterocycles. The fourth-order valence-corrected chi connectivity index (χ4v) is 3.68. The molecule has 9 heteroatoms. The van der Waals surface area contributed by atoms with Crippen molar-refractivity contribution in [1.82, 2.24) is 24.7 Å². The Bertz CT molecular complexity index is 757. The van der Waals surface area contributed by atoms with Gasteiger partial charge in [0.2, 0.25) is 0 Å². The zero-order valence-corrected chi connectivity index (χ0v) is 14.7. The number of rotatable bonds is 3. The monoisotopic (exact) mass is 349 g/mol. The first kappa shape index (κ1) is 17.2. The van der Waals surface area contributed by atoms with Crippen LogP contribution in [0.4, 0.5) is 4.79 Å². The van der Waals surface area contributed by atoms with E-state index in [1.165, 1.54) is 18.1 Å². The van der Waals surface area contributed by atoms with Crippen LogP contribution in [-0.4, -0.2) is 74.7 Å². The lowest BCUT2D eigenvalue weighted by Crippen LogP contribution is -2.58. The van der Waals surface area contributed by atoms with Crippen molar-refractivity contribution >= 4 is 17.8 Å². The van der Waals surface area contributed by atoms with E-state index < -0.39 is 11.2 Å². The van der Waals surface area contributed by atoms with Crippen LogP contribution in [0.15, 0.2) is 11.0 Å². The van der Waals surface area contributed by atoms with Gasteiger partial charge in [0.25, 0.3) is 11.8 Å². The van der Waals surface area contributed by atoms with Gasteiger partial charge >= 0.3 is 11.7 Å². The van der Waals surface area contributed by atoms with Crippen molar-refractivity contribution < 1.29 is 14.4 Å². The van der Waals surface area contributed by atoms with Gasteiger partial charge in [0.1, 0.15) is 11.2 Å². The quantitative estimate of drug-likeness (QED) is 0.761. The largest absolute Gasteiger partial charge is 0.337 e. The first-order valence-electron chi connectivity index (χ1n) is 8.43. The second-order valence-electron chi connectivity index (χ2n) is 7.13. The van der Waals surface area contributed by atoms with Gasteiger partial charge in [-0.15, -0.1) is 0 Å². The van der Waals surface area contributed by atoms with Gasteiger partial charge in [-0.05, 0) is 18.8 Å². The maximum Gasteiger partial charge on any atom is 0.327 e. The lowest BCUT2D eigenvalue weighted by Gasteiger charge is -2.42. The number of nitrogens with one attached hydrogen (secondary N) is 2. The molecule has 1 aromatic rings. The molecule has 0 saturated carbocycles. The van der Waals surface area contributed by atoms with Gasteiger partial charge in [0, 0.05) is 32.9 Å². The number of imide groups is 1. The fraction of sp³-hybridized carbons (Fsp3) is 0.625. The van der Waals surface area contributed by atoms with Crippen molar-refractivity contribution in [2.45, 2.75) is 32.2 Å². The first-order valence-corrected chi connectivity index (χ1v) is 8.43. The molecular formula is C16H23N5O4. The van der Waals surface area contributed by atoms with Crippen LogP contribution >= 0.6 is 0 Å². The fourth-order valence-electron chi connectivity index (χ4n) is 3.68. The molecular weight excluding hydrogens is 326 g/mol. The number of carbonyl (C=O) groups excluding carboxylic acids is 3. The van der Waals surface area contributed by atoms with Crippen molar-refractivity contribution in [3.05, 3.63) is 22.4 Å². The molecule has 0 aliphatic carbocycles. The summed E-state index contributed by atoms with van der Waals surface area (Å²) in [5.74, 6) is -0.237. The highest BCUT2D eigenvalue weighted by Crippen LogP contribution is 2.37. The number of H-pyrrole nitrogens is 2. The highest BCUT2D eigenvalue weighted by atomic mass is 16.2. The highest BCUT2D eigenvalue weighted by molar-refractivity contribution is 6.07. The predicted molar refractivity (Wildman–Crippen MR) is 89.0 cm³/mol. The Morgan fingerprint density at radius 1 is 1.24 bits per heavy atom. The first-order chi connectivity index (χ1) is 11.8. The number of carbonyl (C=O) groups is 3. The van der Waals surface area contributed by atoms with E-state index in [0.717, 1.165) is 0 Å². The Labute approximate surface area is 145 Å². The number of aromatic amines is 2. The molecule has 0 atom stereocenters. The Kier molecular flexibility index (Phi) is 4.18. The molecule has 0 unspecified atom stereocenters. The predicted octanol–water partition coefficient (Wildman–Crippen LogP) is 0.228. The SMILES string of the molecule is CC(C)CN1C(=O)N(C)C(=O)C12CCN(C(=O)c1c[nH]c(=O)[nH]1)CC2. The zero-order valence-electron chi connectivity index (χ0n) is 14.7. The summed E-state index contributed by atoms with van der Waals surface area (Å²) in [6, 6.07) is -0.270. The minimum absolute atomic E-state index is 0.194. The molecule has 4 amide bonds. The van der Waals surface area contributed by atoms with Gasteiger partial charge in [0.05, 0.1) is 0 Å². The van der Waals surface area contributed by atoms with Gasteiger partial charge in [0.15, 0.2) is 0 Å². The summed E-state index contributed by atoms with van der Waals surface area (Å²) in [6.45, 7) is 5.23. The van der Waals surface area contributed by atoms with Gasteiger partial charge in [-0.2, -0.15) is 0 Å². The zero-order chi connectivity index (χ0) is 18.4. The number of piperidine rings is 1. The number of amides is 4. The molecule has 1 spiro atoms. The molecule has 3 heterocycles. The average molecular weight is 349 g/mol. The summed E-state index contributed by atoms with van der Waals surface area (Å²) in [5.41, 5.74) is -1.10. The summed E-state index contributed by atoms with van der Waals surface area (Å²) in [5, 5.41) is 0. The highest BCUT2D eigenvalue weighted by Gasteiger charge is 2.57. The average Bonchev–Trinajstić information content (AvgIpc) is 3.08. The van der Waals surface area contributed by atoms with Crippen LogP contribution in [-0.2, 0) is 4.79 Å². The normalized spacial score (nSPS) is 20.2. The third kappa shape index (κ3) is 2.73. The second kappa shape index (κ2) is 6.05.